The number of urea groups is 1. The highest BCUT2D eigenvalue weighted by atomic mass is 32.2. The van der Waals surface area contributed by atoms with Crippen molar-refractivity contribution in [1.82, 2.24) is 14.8 Å². The lowest BCUT2D eigenvalue weighted by molar-refractivity contribution is 0.102. The van der Waals surface area contributed by atoms with Crippen LogP contribution in [0.5, 0.6) is 0 Å². The fourth-order valence-electron chi connectivity index (χ4n) is 2.36. The first kappa shape index (κ1) is 18.2. The summed E-state index contributed by atoms with van der Waals surface area (Å²) in [5.41, 5.74) is 6.18. The molecule has 0 atom stereocenters. The van der Waals surface area contributed by atoms with Gasteiger partial charge in [-0.3, -0.25) is 4.79 Å². The standard InChI is InChI=1S/C17H17N5O2S2/c1-2-22-15(14-4-3-9-25-14)20-21-17(22)26-10-13(23)11-5-7-12(8-6-11)19-16(18)24/h3-9H,2,10H2,1H3,(H3,18,19,24). The largest absolute Gasteiger partial charge is 0.351 e. The number of hydrogen-bond acceptors (Lipinski definition) is 6. The van der Waals surface area contributed by atoms with Gasteiger partial charge in [0.25, 0.3) is 0 Å². The first-order chi connectivity index (χ1) is 12.6. The van der Waals surface area contributed by atoms with Crippen LogP contribution in [0.1, 0.15) is 17.3 Å². The van der Waals surface area contributed by atoms with Gasteiger partial charge in [0.2, 0.25) is 0 Å². The maximum atomic E-state index is 12.4. The predicted molar refractivity (Wildman–Crippen MR) is 104 cm³/mol. The average Bonchev–Trinajstić information content (AvgIpc) is 3.28. The van der Waals surface area contributed by atoms with Crippen LogP contribution in [-0.4, -0.2) is 32.3 Å². The zero-order valence-electron chi connectivity index (χ0n) is 14.0. The Bertz CT molecular complexity index is 904. The molecule has 2 heterocycles. The van der Waals surface area contributed by atoms with Crippen LogP contribution in [0.2, 0.25) is 0 Å². The Hall–Kier alpha value is -2.65. The lowest BCUT2D eigenvalue weighted by Gasteiger charge is -2.06. The molecule has 1 aromatic carbocycles. The van der Waals surface area contributed by atoms with E-state index in [4.69, 9.17) is 5.73 Å². The van der Waals surface area contributed by atoms with Crippen molar-refractivity contribution in [1.29, 1.82) is 0 Å². The van der Waals surface area contributed by atoms with Gasteiger partial charge in [0.1, 0.15) is 0 Å². The lowest BCUT2D eigenvalue weighted by atomic mass is 10.1. The van der Waals surface area contributed by atoms with Gasteiger partial charge in [0, 0.05) is 17.8 Å². The van der Waals surface area contributed by atoms with Crippen LogP contribution >= 0.6 is 23.1 Å². The third kappa shape index (κ3) is 4.12. The van der Waals surface area contributed by atoms with Gasteiger partial charge in [0.15, 0.2) is 16.8 Å². The number of rotatable bonds is 7. The third-order valence-electron chi connectivity index (χ3n) is 3.58. The number of carbonyl (C=O) groups excluding carboxylic acids is 2. The van der Waals surface area contributed by atoms with E-state index in [1.165, 1.54) is 11.8 Å². The molecule has 0 saturated carbocycles. The van der Waals surface area contributed by atoms with Gasteiger partial charge < -0.3 is 15.6 Å². The minimum Gasteiger partial charge on any atom is -0.351 e. The monoisotopic (exact) mass is 387 g/mol. The number of anilines is 1. The topological polar surface area (TPSA) is 103 Å². The van der Waals surface area contributed by atoms with Crippen molar-refractivity contribution in [2.75, 3.05) is 11.1 Å². The number of benzene rings is 1. The number of aromatic nitrogens is 3. The lowest BCUT2D eigenvalue weighted by Crippen LogP contribution is -2.19. The number of nitrogens with two attached hydrogens (primary N) is 1. The van der Waals surface area contributed by atoms with Gasteiger partial charge in [-0.05, 0) is 42.6 Å². The second-order valence-corrected chi connectivity index (χ2v) is 7.20. The second kappa shape index (κ2) is 8.15. The van der Waals surface area contributed by atoms with Crippen molar-refractivity contribution < 1.29 is 9.59 Å². The Labute approximate surface area is 158 Å². The Kier molecular flexibility index (Phi) is 5.69. The molecule has 3 aromatic rings. The molecule has 0 aliphatic heterocycles. The number of amides is 2. The maximum absolute atomic E-state index is 12.4. The quantitative estimate of drug-likeness (QED) is 0.477. The first-order valence-electron chi connectivity index (χ1n) is 7.88. The Morgan fingerprint density at radius 1 is 1.23 bits per heavy atom. The molecule has 0 fully saturated rings. The van der Waals surface area contributed by atoms with Crippen LogP contribution in [0.4, 0.5) is 10.5 Å². The molecule has 0 unspecified atom stereocenters. The van der Waals surface area contributed by atoms with E-state index in [0.717, 1.165) is 22.4 Å². The minimum atomic E-state index is -0.639. The van der Waals surface area contributed by atoms with Crippen molar-refractivity contribution in [2.45, 2.75) is 18.6 Å². The normalized spacial score (nSPS) is 10.7. The second-order valence-electron chi connectivity index (χ2n) is 5.31. The van der Waals surface area contributed by atoms with Crippen LogP contribution < -0.4 is 11.1 Å². The fraction of sp³-hybridized carbons (Fsp3) is 0.176. The summed E-state index contributed by atoms with van der Waals surface area (Å²) < 4.78 is 2.00. The molecule has 0 aliphatic rings. The average molecular weight is 387 g/mol. The Balaban J connectivity index is 1.67. The van der Waals surface area contributed by atoms with Crippen molar-refractivity contribution in [2.24, 2.45) is 5.73 Å². The summed E-state index contributed by atoms with van der Waals surface area (Å²) >= 11 is 2.97. The Morgan fingerprint density at radius 2 is 2.00 bits per heavy atom. The molecular formula is C17H17N5O2S2. The molecule has 26 heavy (non-hydrogen) atoms. The van der Waals surface area contributed by atoms with Crippen LogP contribution in [0.15, 0.2) is 46.9 Å². The van der Waals surface area contributed by atoms with E-state index in [0.29, 0.717) is 11.3 Å². The molecule has 2 aromatic heterocycles. The summed E-state index contributed by atoms with van der Waals surface area (Å²) in [6.07, 6.45) is 0. The first-order valence-corrected chi connectivity index (χ1v) is 9.74. The highest BCUT2D eigenvalue weighted by Gasteiger charge is 2.15. The van der Waals surface area contributed by atoms with E-state index < -0.39 is 6.03 Å². The fourth-order valence-corrected chi connectivity index (χ4v) is 3.98. The number of primary amides is 1. The molecule has 0 bridgehead atoms. The number of nitrogens with zero attached hydrogens (tertiary/aromatic N) is 3. The SMILES string of the molecule is CCn1c(SCC(=O)c2ccc(NC(N)=O)cc2)nnc1-c1cccs1. The molecule has 9 heteroatoms. The number of ketones is 1. The number of hydrogen-bond donors (Lipinski definition) is 2. The van der Waals surface area contributed by atoms with E-state index in [-0.39, 0.29) is 11.5 Å². The molecule has 2 amide bonds. The molecule has 0 saturated heterocycles. The van der Waals surface area contributed by atoms with Crippen LogP contribution in [-0.2, 0) is 6.54 Å². The summed E-state index contributed by atoms with van der Waals surface area (Å²) in [7, 11) is 0. The van der Waals surface area contributed by atoms with Crippen molar-refractivity contribution in [3.8, 4) is 10.7 Å². The van der Waals surface area contributed by atoms with E-state index in [2.05, 4.69) is 15.5 Å². The number of Topliss-reactive ketones (excluding diaryl/α,β-unsaturated/α-hetero) is 1. The van der Waals surface area contributed by atoms with Crippen LogP contribution in [0, 0.1) is 0 Å². The molecule has 3 N–H and O–H groups in total. The van der Waals surface area contributed by atoms with E-state index >= 15 is 0 Å². The van der Waals surface area contributed by atoms with Gasteiger partial charge in [-0.15, -0.1) is 21.5 Å². The summed E-state index contributed by atoms with van der Waals surface area (Å²) in [4.78, 5) is 24.3. The molecule has 134 valence electrons. The van der Waals surface area contributed by atoms with Crippen LogP contribution in [0.3, 0.4) is 0 Å². The summed E-state index contributed by atoms with van der Waals surface area (Å²) in [5, 5.41) is 13.7. The van der Waals surface area contributed by atoms with Crippen LogP contribution in [0.25, 0.3) is 10.7 Å². The highest BCUT2D eigenvalue weighted by Crippen LogP contribution is 2.27. The van der Waals surface area contributed by atoms with E-state index in [1.807, 2.05) is 29.0 Å². The molecule has 0 aliphatic carbocycles. The number of nitrogens with one attached hydrogen (secondary N) is 1. The summed E-state index contributed by atoms with van der Waals surface area (Å²) in [6, 6.07) is 9.95. The Morgan fingerprint density at radius 3 is 2.62 bits per heavy atom. The highest BCUT2D eigenvalue weighted by molar-refractivity contribution is 7.99. The van der Waals surface area contributed by atoms with Gasteiger partial charge in [0.05, 0.1) is 10.6 Å². The van der Waals surface area contributed by atoms with Gasteiger partial charge in [-0.1, -0.05) is 17.8 Å². The van der Waals surface area contributed by atoms with E-state index in [1.54, 1.807) is 35.6 Å². The molecule has 3 rings (SSSR count). The smallest absolute Gasteiger partial charge is 0.316 e. The molecule has 0 spiro atoms. The molecule has 0 radical (unpaired) electrons. The van der Waals surface area contributed by atoms with Gasteiger partial charge in [-0.25, -0.2) is 4.79 Å². The molecule has 7 nitrogen and oxygen atoms in total. The maximum Gasteiger partial charge on any atom is 0.316 e. The predicted octanol–water partition coefficient (Wildman–Crippen LogP) is 3.49. The summed E-state index contributed by atoms with van der Waals surface area (Å²) in [6.45, 7) is 2.75. The number of thioether (sulfide) groups is 1. The number of carbonyl (C=O) groups is 2. The third-order valence-corrected chi connectivity index (χ3v) is 5.41. The minimum absolute atomic E-state index is 0.0241. The van der Waals surface area contributed by atoms with Crippen molar-refractivity contribution in [3.05, 3.63) is 47.3 Å². The van der Waals surface area contributed by atoms with Gasteiger partial charge in [-0.2, -0.15) is 0 Å². The van der Waals surface area contributed by atoms with E-state index in [9.17, 15) is 9.59 Å². The van der Waals surface area contributed by atoms with Crippen molar-refractivity contribution >= 4 is 40.6 Å². The zero-order valence-corrected chi connectivity index (χ0v) is 15.6. The summed E-state index contributed by atoms with van der Waals surface area (Å²) in [5.74, 6) is 1.05. The zero-order chi connectivity index (χ0) is 18.5. The number of thiophene rings is 1. The van der Waals surface area contributed by atoms with Gasteiger partial charge >= 0.3 is 6.03 Å². The van der Waals surface area contributed by atoms with Crippen molar-refractivity contribution in [3.63, 3.8) is 0 Å². The molecular weight excluding hydrogens is 370 g/mol.